The maximum absolute atomic E-state index is 11.8. The Kier molecular flexibility index (Phi) is 1.85. The first-order chi connectivity index (χ1) is 5.15. The van der Waals surface area contributed by atoms with E-state index in [0.717, 1.165) is 6.92 Å². The zero-order valence-corrected chi connectivity index (χ0v) is 6.00. The Morgan fingerprint density at radius 1 is 0.750 bits per heavy atom. The highest BCUT2D eigenvalue weighted by molar-refractivity contribution is 5.02. The molecule has 72 valence electrons. The summed E-state index contributed by atoms with van der Waals surface area (Å²) in [4.78, 5) is 0. The maximum Gasteiger partial charge on any atom is 0.392 e. The van der Waals surface area contributed by atoms with E-state index in [1.54, 1.807) is 0 Å². The first kappa shape index (κ1) is 9.67. The molecule has 0 saturated heterocycles. The summed E-state index contributed by atoms with van der Waals surface area (Å²) in [5.74, 6) is -5.68. The van der Waals surface area contributed by atoms with Gasteiger partial charge in [-0.3, -0.25) is 0 Å². The smallest absolute Gasteiger partial charge is 0.171 e. The van der Waals surface area contributed by atoms with Crippen molar-refractivity contribution in [3.8, 4) is 0 Å². The second kappa shape index (κ2) is 2.29. The van der Waals surface area contributed by atoms with Crippen LogP contribution in [0, 0.1) is 17.8 Å². The normalized spacial score (nSPS) is 36.8. The minimum absolute atomic E-state index is 0.969. The number of hydrogen-bond donors (Lipinski definition) is 0. The van der Waals surface area contributed by atoms with E-state index in [1.807, 2.05) is 0 Å². The molecule has 0 N–H and O–H groups in total. The van der Waals surface area contributed by atoms with E-state index in [9.17, 15) is 26.3 Å². The molecule has 12 heavy (non-hydrogen) atoms. The van der Waals surface area contributed by atoms with E-state index >= 15 is 0 Å². The van der Waals surface area contributed by atoms with Gasteiger partial charge in [-0.05, 0) is 5.92 Å². The highest BCUT2D eigenvalue weighted by atomic mass is 19.4. The summed E-state index contributed by atoms with van der Waals surface area (Å²) < 4.78 is 70.6. The van der Waals surface area contributed by atoms with Gasteiger partial charge < -0.3 is 0 Å². The van der Waals surface area contributed by atoms with Crippen LogP contribution in [0.1, 0.15) is 6.92 Å². The summed E-state index contributed by atoms with van der Waals surface area (Å²) >= 11 is 0. The zero-order chi connectivity index (χ0) is 9.73. The molecule has 1 aliphatic carbocycles. The summed E-state index contributed by atoms with van der Waals surface area (Å²) in [6, 6.07) is 0. The van der Waals surface area contributed by atoms with Crippen LogP contribution < -0.4 is 0 Å². The lowest BCUT2D eigenvalue weighted by atomic mass is 10.3. The van der Waals surface area contributed by atoms with Gasteiger partial charge in [-0.1, -0.05) is 6.92 Å². The second-order valence-electron chi connectivity index (χ2n) is 2.99. The van der Waals surface area contributed by atoms with Gasteiger partial charge in [0.25, 0.3) is 0 Å². The first-order valence-corrected chi connectivity index (χ1v) is 3.29. The molecule has 2 unspecified atom stereocenters. The van der Waals surface area contributed by atoms with Crippen LogP contribution >= 0.6 is 0 Å². The van der Waals surface area contributed by atoms with Crippen molar-refractivity contribution < 1.29 is 26.3 Å². The molecule has 0 amide bonds. The molecule has 0 aromatic rings. The molecule has 0 aliphatic heterocycles. The Morgan fingerprint density at radius 3 is 1.08 bits per heavy atom. The minimum atomic E-state index is -4.71. The standard InChI is InChI=1S/C6H6F6/c1-2-3(5(7,8)9)4(2)6(10,11)12/h2-4H,1H3. The van der Waals surface area contributed by atoms with Crippen LogP contribution in [0.15, 0.2) is 0 Å². The fourth-order valence-electron chi connectivity index (χ4n) is 1.47. The third-order valence-corrected chi connectivity index (χ3v) is 2.13. The van der Waals surface area contributed by atoms with Crippen LogP contribution in [0.25, 0.3) is 0 Å². The van der Waals surface area contributed by atoms with Crippen LogP contribution in [0.2, 0.25) is 0 Å². The van der Waals surface area contributed by atoms with Crippen molar-refractivity contribution >= 4 is 0 Å². The Hall–Kier alpha value is -0.420. The predicted molar refractivity (Wildman–Crippen MR) is 28.3 cm³/mol. The molecule has 0 spiro atoms. The average molecular weight is 192 g/mol. The van der Waals surface area contributed by atoms with E-state index in [1.165, 1.54) is 0 Å². The third kappa shape index (κ3) is 1.51. The van der Waals surface area contributed by atoms with Crippen molar-refractivity contribution in [3.63, 3.8) is 0 Å². The van der Waals surface area contributed by atoms with E-state index in [2.05, 4.69) is 0 Å². The lowest BCUT2D eigenvalue weighted by Crippen LogP contribution is -2.19. The van der Waals surface area contributed by atoms with Gasteiger partial charge in [-0.2, -0.15) is 26.3 Å². The van der Waals surface area contributed by atoms with Crippen molar-refractivity contribution in [1.29, 1.82) is 0 Å². The topological polar surface area (TPSA) is 0 Å². The maximum atomic E-state index is 11.8. The molecular formula is C6H6F6. The van der Waals surface area contributed by atoms with Crippen molar-refractivity contribution in [1.82, 2.24) is 0 Å². The van der Waals surface area contributed by atoms with Gasteiger partial charge in [-0.25, -0.2) is 0 Å². The average Bonchev–Trinajstić information content (AvgIpc) is 2.35. The van der Waals surface area contributed by atoms with Crippen LogP contribution in [0.3, 0.4) is 0 Å². The van der Waals surface area contributed by atoms with E-state index in [0.29, 0.717) is 0 Å². The van der Waals surface area contributed by atoms with Gasteiger partial charge in [0.2, 0.25) is 0 Å². The van der Waals surface area contributed by atoms with Gasteiger partial charge in [0.15, 0.2) is 0 Å². The lowest BCUT2D eigenvalue weighted by molar-refractivity contribution is -0.191. The molecule has 1 aliphatic rings. The van der Waals surface area contributed by atoms with Crippen molar-refractivity contribution in [2.24, 2.45) is 17.8 Å². The molecule has 2 atom stereocenters. The van der Waals surface area contributed by atoms with Crippen molar-refractivity contribution in [2.75, 3.05) is 0 Å². The van der Waals surface area contributed by atoms with Crippen molar-refractivity contribution in [2.45, 2.75) is 19.3 Å². The lowest BCUT2D eigenvalue weighted by Gasteiger charge is -2.07. The molecule has 0 aromatic heterocycles. The fraction of sp³-hybridized carbons (Fsp3) is 1.00. The van der Waals surface area contributed by atoms with E-state index in [4.69, 9.17) is 0 Å². The first-order valence-electron chi connectivity index (χ1n) is 3.29. The molecule has 1 rings (SSSR count). The van der Waals surface area contributed by atoms with Crippen molar-refractivity contribution in [3.05, 3.63) is 0 Å². The molecule has 1 saturated carbocycles. The third-order valence-electron chi connectivity index (χ3n) is 2.13. The minimum Gasteiger partial charge on any atom is -0.171 e. The van der Waals surface area contributed by atoms with Gasteiger partial charge in [0, 0.05) is 0 Å². The fourth-order valence-corrected chi connectivity index (χ4v) is 1.47. The SMILES string of the molecule is CC1C(C(F)(F)F)C1C(F)(F)F. The summed E-state index contributed by atoms with van der Waals surface area (Å²) in [5, 5.41) is 0. The van der Waals surface area contributed by atoms with Crippen LogP contribution in [-0.4, -0.2) is 12.4 Å². The molecule has 0 aromatic carbocycles. The highest BCUT2D eigenvalue weighted by Crippen LogP contribution is 2.61. The monoisotopic (exact) mass is 192 g/mol. The Balaban J connectivity index is 2.67. The molecule has 1 fully saturated rings. The number of alkyl halides is 6. The summed E-state index contributed by atoms with van der Waals surface area (Å²) in [6.07, 6.45) is -9.42. The second-order valence-corrected chi connectivity index (χ2v) is 2.99. The molecule has 0 nitrogen and oxygen atoms in total. The van der Waals surface area contributed by atoms with Gasteiger partial charge in [0.1, 0.15) is 0 Å². The summed E-state index contributed by atoms with van der Waals surface area (Å²) in [5.41, 5.74) is 0. The number of rotatable bonds is 0. The molecular weight excluding hydrogens is 186 g/mol. The highest BCUT2D eigenvalue weighted by Gasteiger charge is 2.71. The van der Waals surface area contributed by atoms with Gasteiger partial charge in [0.05, 0.1) is 11.8 Å². The molecule has 0 bridgehead atoms. The Bertz CT molecular complexity index is 157. The molecule has 6 heteroatoms. The quantitative estimate of drug-likeness (QED) is 0.517. The summed E-state index contributed by atoms with van der Waals surface area (Å²) in [7, 11) is 0. The predicted octanol–water partition coefficient (Wildman–Crippen LogP) is 2.99. The van der Waals surface area contributed by atoms with Gasteiger partial charge in [-0.15, -0.1) is 0 Å². The van der Waals surface area contributed by atoms with E-state index in [-0.39, 0.29) is 0 Å². The Morgan fingerprint density at radius 2 is 1.00 bits per heavy atom. The molecule has 0 radical (unpaired) electrons. The Labute approximate surface area is 64.6 Å². The van der Waals surface area contributed by atoms with Crippen LogP contribution in [0.4, 0.5) is 26.3 Å². The van der Waals surface area contributed by atoms with Crippen LogP contribution in [-0.2, 0) is 0 Å². The summed E-state index contributed by atoms with van der Waals surface area (Å²) in [6.45, 7) is 0.969. The largest absolute Gasteiger partial charge is 0.392 e. The number of hydrogen-bond acceptors (Lipinski definition) is 0. The molecule has 0 heterocycles. The van der Waals surface area contributed by atoms with Crippen LogP contribution in [0.5, 0.6) is 0 Å². The van der Waals surface area contributed by atoms with E-state index < -0.39 is 30.1 Å². The number of halogens is 6. The zero-order valence-electron chi connectivity index (χ0n) is 6.00. The van der Waals surface area contributed by atoms with Gasteiger partial charge >= 0.3 is 12.4 Å².